The molecule has 91 heavy (non-hydrogen) atoms. The van der Waals surface area contributed by atoms with Crippen molar-refractivity contribution in [2.45, 2.75) is 156 Å². The Morgan fingerprint density at radius 3 is 1.30 bits per heavy atom. The maximum Gasteiger partial charge on any atom is 0.279 e. The number of hydrogen-bond donors (Lipinski definition) is 10. The van der Waals surface area contributed by atoms with E-state index in [2.05, 4.69) is 131 Å². The number of Topliss-reactive ketones (excluding diaryl/α,β-unsaturated/α-hetero) is 1. The summed E-state index contributed by atoms with van der Waals surface area (Å²) >= 11 is 0. The van der Waals surface area contributed by atoms with Gasteiger partial charge < -0.3 is 30.1 Å². The van der Waals surface area contributed by atoms with Gasteiger partial charge in [-0.05, 0) is 136 Å². The maximum absolute atomic E-state index is 12.7. The highest BCUT2D eigenvalue weighted by Crippen LogP contribution is 2.41. The number of nitrogens with zero attached hydrogens (tertiary/aromatic N) is 2. The highest BCUT2D eigenvalue weighted by atomic mass is 16.5. The Morgan fingerprint density at radius 2 is 0.901 bits per heavy atom. The number of aryl methyl sites for hydroxylation is 2. The number of hydrogen-bond acceptors (Lipinski definition) is 14. The van der Waals surface area contributed by atoms with E-state index in [0.717, 1.165) is 33.4 Å². The lowest BCUT2D eigenvalue weighted by Gasteiger charge is -2.28. The van der Waals surface area contributed by atoms with Crippen molar-refractivity contribution >= 4 is 47.2 Å². The van der Waals surface area contributed by atoms with E-state index >= 15 is 0 Å². The molecule has 6 aromatic carbocycles. The standard InChI is InChI=1S/C35H53NO4.C26H26N4O6.C9H8N4O2/c1-32(2,3)25-17-22(18-26(30(25)39)33(4,5)6)13-15-24(37)21-36-29(38)16-14-23-19-27(34(7,8)9)31(40)28(20-23)35(10,11)12;1-17(35-21-12-5-3-6-13-21)23(31)27-29-25(33)19-10-9-11-20(16-19)26(34)30-28-24(32)18(2)36-22-14-7-4-8-15-22;14-7-4-2-1-3-6(7)8(15)12-9-10-5-11-13-9/h17-20,39-40H,13-16,21H2,1-12H3,(H,36,38);3-18H,1-2H3,(H,27,31)(H,28,32)(H,29,33)(H,30,34);1-5,14H,(H2,10,11,12,13,15). The molecule has 0 fully saturated rings. The monoisotopic (exact) mass is 1250 g/mol. The van der Waals surface area contributed by atoms with Gasteiger partial charge in [0.15, 0.2) is 18.0 Å². The zero-order chi connectivity index (χ0) is 67.4. The predicted molar refractivity (Wildman–Crippen MR) is 349 cm³/mol. The second-order valence-corrected chi connectivity index (χ2v) is 25.8. The van der Waals surface area contributed by atoms with Gasteiger partial charge in [0.2, 0.25) is 11.9 Å². The van der Waals surface area contributed by atoms with Crippen LogP contribution in [0.15, 0.2) is 140 Å². The number of phenolic OH excluding ortho intramolecular Hbond substituents is 3. The number of hydrazine groups is 2. The molecule has 2 unspecified atom stereocenters. The molecular weight excluding hydrogens is 1160 g/mol. The number of para-hydroxylation sites is 3. The number of carbonyl (C=O) groups is 7. The fourth-order valence-electron chi connectivity index (χ4n) is 8.89. The molecule has 484 valence electrons. The number of nitrogens with one attached hydrogen (secondary N) is 7. The molecular formula is C70H87N9O12. The largest absolute Gasteiger partial charge is 0.507 e. The van der Waals surface area contributed by atoms with Crippen LogP contribution in [0, 0.1) is 0 Å². The number of amides is 6. The normalized spacial score (nSPS) is 12.0. The van der Waals surface area contributed by atoms with Crippen molar-refractivity contribution in [2.24, 2.45) is 0 Å². The van der Waals surface area contributed by atoms with E-state index in [1.807, 2.05) is 36.4 Å². The van der Waals surface area contributed by atoms with Gasteiger partial charge in [0.05, 0.1) is 12.1 Å². The van der Waals surface area contributed by atoms with Crippen LogP contribution in [0.25, 0.3) is 0 Å². The molecule has 0 spiro atoms. The van der Waals surface area contributed by atoms with Crippen LogP contribution in [0.4, 0.5) is 5.95 Å². The molecule has 0 radical (unpaired) electrons. The third-order valence-electron chi connectivity index (χ3n) is 14.0. The Balaban J connectivity index is 0.000000270. The number of carbonyl (C=O) groups excluding carboxylic acids is 7. The fourth-order valence-corrected chi connectivity index (χ4v) is 8.89. The Bertz CT molecular complexity index is 3360. The first kappa shape index (κ1) is 71.7. The molecule has 2 atom stereocenters. The van der Waals surface area contributed by atoms with Gasteiger partial charge in [0.25, 0.3) is 29.5 Å². The molecule has 6 amide bonds. The van der Waals surface area contributed by atoms with E-state index in [4.69, 9.17) is 9.47 Å². The van der Waals surface area contributed by atoms with Crippen LogP contribution in [-0.2, 0) is 53.7 Å². The Labute approximate surface area is 532 Å². The summed E-state index contributed by atoms with van der Waals surface area (Å²) in [6, 6.07) is 37.6. The second-order valence-electron chi connectivity index (χ2n) is 25.8. The maximum atomic E-state index is 12.7. The Hall–Kier alpha value is -10.1. The van der Waals surface area contributed by atoms with Crippen molar-refractivity contribution in [3.63, 3.8) is 0 Å². The van der Waals surface area contributed by atoms with Crippen molar-refractivity contribution in [2.75, 3.05) is 11.9 Å². The van der Waals surface area contributed by atoms with Gasteiger partial charge in [0.1, 0.15) is 35.1 Å². The molecule has 0 saturated heterocycles. The number of phenols is 3. The quantitative estimate of drug-likeness (QED) is 0.0358. The summed E-state index contributed by atoms with van der Waals surface area (Å²) in [7, 11) is 0. The number of H-pyrrole nitrogens is 1. The number of rotatable bonds is 18. The highest BCUT2D eigenvalue weighted by molar-refractivity contribution is 6.05. The number of aromatic nitrogens is 3. The lowest BCUT2D eigenvalue weighted by atomic mass is 9.78. The number of ketones is 1. The van der Waals surface area contributed by atoms with Crippen molar-refractivity contribution in [3.05, 3.63) is 190 Å². The van der Waals surface area contributed by atoms with Gasteiger partial charge >= 0.3 is 0 Å². The molecule has 7 rings (SSSR count). The van der Waals surface area contributed by atoms with Crippen molar-refractivity contribution in [1.29, 1.82) is 0 Å². The number of aromatic hydroxyl groups is 3. The van der Waals surface area contributed by atoms with Crippen molar-refractivity contribution in [3.8, 4) is 28.7 Å². The zero-order valence-corrected chi connectivity index (χ0v) is 54.4. The highest BCUT2D eigenvalue weighted by Gasteiger charge is 2.29. The van der Waals surface area contributed by atoms with E-state index in [1.54, 1.807) is 74.5 Å². The molecule has 0 aliphatic carbocycles. The summed E-state index contributed by atoms with van der Waals surface area (Å²) in [5.74, 6) is -1.17. The van der Waals surface area contributed by atoms with E-state index in [1.165, 1.54) is 42.7 Å². The summed E-state index contributed by atoms with van der Waals surface area (Å²) in [5, 5.41) is 42.6. The van der Waals surface area contributed by atoms with E-state index in [0.29, 0.717) is 42.3 Å². The van der Waals surface area contributed by atoms with Crippen LogP contribution in [0.5, 0.6) is 28.7 Å². The second kappa shape index (κ2) is 31.9. The number of ether oxygens (including phenoxy) is 2. The van der Waals surface area contributed by atoms with Crippen LogP contribution >= 0.6 is 0 Å². The first-order valence-corrected chi connectivity index (χ1v) is 29.8. The minimum atomic E-state index is -0.860. The van der Waals surface area contributed by atoms with E-state index < -0.39 is 41.7 Å². The molecule has 0 aliphatic heterocycles. The molecule has 0 aliphatic rings. The van der Waals surface area contributed by atoms with Crippen LogP contribution < -0.4 is 41.8 Å². The molecule has 7 aromatic rings. The molecule has 0 bridgehead atoms. The third kappa shape index (κ3) is 22.5. The molecule has 1 aromatic heterocycles. The number of anilines is 1. The van der Waals surface area contributed by atoms with Crippen LogP contribution in [0.3, 0.4) is 0 Å². The van der Waals surface area contributed by atoms with Gasteiger partial charge in [-0.3, -0.25) is 60.6 Å². The topological polar surface area (TPSA) is 312 Å². The summed E-state index contributed by atoms with van der Waals surface area (Å²) in [5.41, 5.74) is 14.2. The fraction of sp³-hybridized carbons (Fsp3) is 0.357. The summed E-state index contributed by atoms with van der Waals surface area (Å²) in [6.45, 7) is 28.0. The number of aromatic amines is 1. The lowest BCUT2D eigenvalue weighted by Crippen LogP contribution is -2.47. The van der Waals surface area contributed by atoms with Gasteiger partial charge in [-0.15, -0.1) is 0 Å². The van der Waals surface area contributed by atoms with Crippen LogP contribution in [-0.4, -0.2) is 90.5 Å². The predicted octanol–water partition coefficient (Wildman–Crippen LogP) is 10.4. The first-order valence-electron chi connectivity index (χ1n) is 29.8. The van der Waals surface area contributed by atoms with Gasteiger partial charge in [-0.2, -0.15) is 10.1 Å². The third-order valence-corrected chi connectivity index (χ3v) is 14.0. The van der Waals surface area contributed by atoms with E-state index in [9.17, 15) is 48.9 Å². The number of benzene rings is 6. The first-order chi connectivity index (χ1) is 42.6. The average Bonchev–Trinajstić information content (AvgIpc) is 1.06. The molecule has 10 N–H and O–H groups in total. The molecule has 0 saturated carbocycles. The van der Waals surface area contributed by atoms with Gasteiger partial charge in [-0.25, -0.2) is 5.10 Å². The van der Waals surface area contributed by atoms with Crippen LogP contribution in [0.2, 0.25) is 0 Å². The average molecular weight is 1250 g/mol. The minimum absolute atomic E-state index is 0.00519. The van der Waals surface area contributed by atoms with E-state index in [-0.39, 0.29) is 74.7 Å². The van der Waals surface area contributed by atoms with Gasteiger partial charge in [-0.1, -0.05) is 162 Å². The lowest BCUT2D eigenvalue weighted by molar-refractivity contribution is -0.128. The summed E-state index contributed by atoms with van der Waals surface area (Å²) in [4.78, 5) is 89.9. The summed E-state index contributed by atoms with van der Waals surface area (Å²) < 4.78 is 11.0. The Morgan fingerprint density at radius 1 is 0.495 bits per heavy atom. The van der Waals surface area contributed by atoms with Crippen LogP contribution in [0.1, 0.15) is 174 Å². The summed E-state index contributed by atoms with van der Waals surface area (Å²) in [6.07, 6.45) is 1.24. The minimum Gasteiger partial charge on any atom is -0.507 e. The smallest absolute Gasteiger partial charge is 0.279 e. The molecule has 21 heteroatoms. The molecule has 21 nitrogen and oxygen atoms in total. The Kier molecular flexibility index (Phi) is 25.1. The van der Waals surface area contributed by atoms with Gasteiger partial charge in [0, 0.05) is 24.0 Å². The van der Waals surface area contributed by atoms with Crippen molar-refractivity contribution < 1.29 is 58.4 Å². The zero-order valence-electron chi connectivity index (χ0n) is 54.4. The molecule has 1 heterocycles. The SMILES string of the molecule is CC(C)(C)c1cc(CCC(=O)CNC(=O)CCc2cc(C(C)(C)C)c(O)c(C(C)(C)C)c2)cc(C(C)(C)C)c1O.CC(Oc1ccccc1)C(=O)NNC(=O)c1cccc(C(=O)NNC(=O)C(C)Oc2ccccc2)c1.O=C(Nc1ncn[nH]1)c1ccccc1O. The van der Waals surface area contributed by atoms with Crippen molar-refractivity contribution in [1.82, 2.24) is 42.2 Å².